The van der Waals surface area contributed by atoms with Crippen LogP contribution in [0.1, 0.15) is 11.1 Å². The molecule has 0 atom stereocenters. The lowest BCUT2D eigenvalue weighted by atomic mass is 10.2. The number of anilines is 2. The molecule has 2 rings (SSSR count). The van der Waals surface area contributed by atoms with Crippen LogP contribution in [-0.2, 0) is 4.79 Å². The number of hydrogen-bond donors (Lipinski definition) is 3. The molecule has 0 fully saturated rings. The molecule has 24 heavy (non-hydrogen) atoms. The number of nitrogens with two attached hydrogens (primary N) is 2. The lowest BCUT2D eigenvalue weighted by Crippen LogP contribution is -2.37. The van der Waals surface area contributed by atoms with Crippen molar-refractivity contribution in [2.45, 2.75) is 13.8 Å². The number of hydrazone groups is 1. The fraction of sp³-hybridized carbons (Fsp3) is 0.176. The maximum Gasteiger partial charge on any atom is 0.234 e. The second-order valence-corrected chi connectivity index (χ2v) is 6.21. The minimum absolute atomic E-state index is 0.146. The highest BCUT2D eigenvalue weighted by Gasteiger charge is 2.13. The van der Waals surface area contributed by atoms with Crippen LogP contribution in [-0.4, -0.2) is 16.8 Å². The highest BCUT2D eigenvalue weighted by Crippen LogP contribution is 2.18. The molecule has 1 amide bonds. The SMILES string of the molecule is Cc1ccc(N(N)/C(=N\N)SCC(=O)Nc2ccccc2C)cc1. The molecule has 0 saturated carbocycles. The minimum atomic E-state index is -0.146. The summed E-state index contributed by atoms with van der Waals surface area (Å²) in [6.07, 6.45) is 0. The molecule has 0 aliphatic rings. The van der Waals surface area contributed by atoms with Gasteiger partial charge < -0.3 is 11.2 Å². The van der Waals surface area contributed by atoms with Crippen molar-refractivity contribution >= 4 is 34.2 Å². The molecule has 0 heterocycles. The summed E-state index contributed by atoms with van der Waals surface area (Å²) in [7, 11) is 0. The number of amides is 1. The summed E-state index contributed by atoms with van der Waals surface area (Å²) in [5.74, 6) is 11.5. The molecule has 5 N–H and O–H groups in total. The van der Waals surface area contributed by atoms with E-state index in [1.807, 2.05) is 62.4 Å². The largest absolute Gasteiger partial charge is 0.325 e. The van der Waals surface area contributed by atoms with E-state index in [2.05, 4.69) is 10.4 Å². The van der Waals surface area contributed by atoms with Gasteiger partial charge in [-0.05, 0) is 37.6 Å². The van der Waals surface area contributed by atoms with Crippen molar-refractivity contribution in [3.8, 4) is 0 Å². The Hall–Kier alpha value is -2.51. The molecule has 0 aliphatic carbocycles. The topological polar surface area (TPSA) is 96.7 Å². The van der Waals surface area contributed by atoms with E-state index in [0.717, 1.165) is 22.5 Å². The molecule has 0 radical (unpaired) electrons. The molecule has 0 spiro atoms. The van der Waals surface area contributed by atoms with Crippen molar-refractivity contribution in [3.63, 3.8) is 0 Å². The van der Waals surface area contributed by atoms with Gasteiger partial charge in [-0.1, -0.05) is 47.7 Å². The van der Waals surface area contributed by atoms with Crippen molar-refractivity contribution < 1.29 is 4.79 Å². The zero-order valence-electron chi connectivity index (χ0n) is 13.7. The molecular formula is C17H21N5OS. The van der Waals surface area contributed by atoms with E-state index >= 15 is 0 Å². The number of aryl methyl sites for hydroxylation is 2. The third-order valence-corrected chi connectivity index (χ3v) is 4.35. The van der Waals surface area contributed by atoms with Crippen LogP contribution in [0, 0.1) is 13.8 Å². The van der Waals surface area contributed by atoms with Crippen molar-refractivity contribution in [2.75, 3.05) is 16.1 Å². The summed E-state index contributed by atoms with van der Waals surface area (Å²) in [6, 6.07) is 15.2. The molecule has 2 aromatic carbocycles. The first-order valence-electron chi connectivity index (χ1n) is 7.39. The lowest BCUT2D eigenvalue weighted by molar-refractivity contribution is -0.113. The standard InChI is InChI=1S/C17H21N5OS/c1-12-7-9-14(10-8-12)22(19)17(21-18)24-11-16(23)20-15-6-4-3-5-13(15)2/h3-10H,11,18-19H2,1-2H3,(H,20,23)/b21-17+. The Labute approximate surface area is 145 Å². The first-order chi connectivity index (χ1) is 11.5. The number of benzene rings is 2. The Morgan fingerprint density at radius 3 is 2.46 bits per heavy atom. The number of rotatable bonds is 4. The van der Waals surface area contributed by atoms with Crippen LogP contribution >= 0.6 is 11.8 Å². The number of carbonyl (C=O) groups is 1. The number of thioether (sulfide) groups is 1. The molecule has 0 aliphatic heterocycles. The van der Waals surface area contributed by atoms with E-state index in [9.17, 15) is 4.79 Å². The Balaban J connectivity index is 1.94. The maximum atomic E-state index is 12.1. The zero-order chi connectivity index (χ0) is 17.5. The third-order valence-electron chi connectivity index (χ3n) is 3.38. The van der Waals surface area contributed by atoms with Crippen LogP contribution in [0.2, 0.25) is 0 Å². The second-order valence-electron chi connectivity index (χ2n) is 5.27. The summed E-state index contributed by atoms with van der Waals surface area (Å²) >= 11 is 1.18. The van der Waals surface area contributed by atoms with E-state index in [0.29, 0.717) is 5.17 Å². The highest BCUT2D eigenvalue weighted by molar-refractivity contribution is 8.14. The van der Waals surface area contributed by atoms with Crippen LogP contribution in [0.25, 0.3) is 0 Å². The van der Waals surface area contributed by atoms with E-state index in [1.165, 1.54) is 16.8 Å². The first-order valence-corrected chi connectivity index (χ1v) is 8.37. The number of amidine groups is 1. The Morgan fingerprint density at radius 2 is 1.83 bits per heavy atom. The molecular weight excluding hydrogens is 322 g/mol. The number of para-hydroxylation sites is 1. The quantitative estimate of drug-likeness (QED) is 0.343. The Bertz CT molecular complexity index is 730. The highest BCUT2D eigenvalue weighted by atomic mass is 32.2. The first kappa shape index (κ1) is 17.8. The van der Waals surface area contributed by atoms with Crippen molar-refractivity contribution in [1.29, 1.82) is 0 Å². The van der Waals surface area contributed by atoms with Crippen molar-refractivity contribution in [1.82, 2.24) is 0 Å². The van der Waals surface area contributed by atoms with E-state index in [4.69, 9.17) is 11.7 Å². The number of carbonyl (C=O) groups excluding carboxylic acids is 1. The van der Waals surface area contributed by atoms with Crippen LogP contribution < -0.4 is 22.0 Å². The second kappa shape index (κ2) is 8.37. The minimum Gasteiger partial charge on any atom is -0.325 e. The van der Waals surface area contributed by atoms with Gasteiger partial charge in [-0.25, -0.2) is 5.84 Å². The number of hydrogen-bond acceptors (Lipinski definition) is 5. The van der Waals surface area contributed by atoms with Gasteiger partial charge in [0.2, 0.25) is 11.1 Å². The molecule has 6 nitrogen and oxygen atoms in total. The molecule has 126 valence electrons. The zero-order valence-corrected chi connectivity index (χ0v) is 14.5. The van der Waals surface area contributed by atoms with Crippen LogP contribution in [0.4, 0.5) is 11.4 Å². The van der Waals surface area contributed by atoms with Gasteiger partial charge in [0.25, 0.3) is 0 Å². The van der Waals surface area contributed by atoms with Gasteiger partial charge >= 0.3 is 0 Å². The molecule has 0 saturated heterocycles. The average molecular weight is 343 g/mol. The van der Waals surface area contributed by atoms with Gasteiger partial charge in [-0.3, -0.25) is 9.80 Å². The van der Waals surface area contributed by atoms with Gasteiger partial charge in [0.1, 0.15) is 0 Å². The fourth-order valence-corrected chi connectivity index (χ4v) is 2.67. The maximum absolute atomic E-state index is 12.1. The lowest BCUT2D eigenvalue weighted by Gasteiger charge is -2.19. The fourth-order valence-electron chi connectivity index (χ4n) is 2.01. The smallest absolute Gasteiger partial charge is 0.234 e. The number of nitrogens with one attached hydrogen (secondary N) is 1. The van der Waals surface area contributed by atoms with E-state index < -0.39 is 0 Å². The van der Waals surface area contributed by atoms with Gasteiger partial charge in [0.05, 0.1) is 11.4 Å². The molecule has 0 bridgehead atoms. The number of nitrogens with zero attached hydrogens (tertiary/aromatic N) is 2. The average Bonchev–Trinajstić information content (AvgIpc) is 2.58. The monoisotopic (exact) mass is 343 g/mol. The van der Waals surface area contributed by atoms with Gasteiger partial charge in [-0.15, -0.1) is 0 Å². The third kappa shape index (κ3) is 4.74. The van der Waals surface area contributed by atoms with Crippen molar-refractivity contribution in [2.24, 2.45) is 16.8 Å². The van der Waals surface area contributed by atoms with Crippen LogP contribution in [0.5, 0.6) is 0 Å². The number of hydrazine groups is 1. The van der Waals surface area contributed by atoms with Crippen LogP contribution in [0.3, 0.4) is 0 Å². The Kier molecular flexibility index (Phi) is 6.22. The van der Waals surface area contributed by atoms with E-state index in [-0.39, 0.29) is 11.7 Å². The molecule has 0 unspecified atom stereocenters. The predicted octanol–water partition coefficient (Wildman–Crippen LogP) is 2.59. The summed E-state index contributed by atoms with van der Waals surface area (Å²) in [5, 5.41) is 8.27. The normalized spacial score (nSPS) is 11.2. The predicted molar refractivity (Wildman–Crippen MR) is 102 cm³/mol. The van der Waals surface area contributed by atoms with Crippen molar-refractivity contribution in [3.05, 3.63) is 59.7 Å². The molecule has 2 aromatic rings. The summed E-state index contributed by atoms with van der Waals surface area (Å²) in [4.78, 5) is 12.1. The molecule has 7 heteroatoms. The summed E-state index contributed by atoms with van der Waals surface area (Å²) < 4.78 is 0. The van der Waals surface area contributed by atoms with E-state index in [1.54, 1.807) is 0 Å². The Morgan fingerprint density at radius 1 is 1.17 bits per heavy atom. The summed E-state index contributed by atoms with van der Waals surface area (Å²) in [6.45, 7) is 3.93. The van der Waals surface area contributed by atoms with Gasteiger partial charge in [0, 0.05) is 5.69 Å². The van der Waals surface area contributed by atoms with Gasteiger partial charge in [0.15, 0.2) is 0 Å². The van der Waals surface area contributed by atoms with Crippen LogP contribution in [0.15, 0.2) is 53.6 Å². The molecule has 0 aromatic heterocycles. The summed E-state index contributed by atoms with van der Waals surface area (Å²) in [5.41, 5.74) is 3.67. The van der Waals surface area contributed by atoms with Gasteiger partial charge in [-0.2, -0.15) is 5.10 Å².